The lowest BCUT2D eigenvalue weighted by Gasteiger charge is -2.33. The molecule has 1 fully saturated rings. The number of carbonyl (C=O) groups excluding carboxylic acids is 3. The quantitative estimate of drug-likeness (QED) is 0.517. The maximum Gasteiger partial charge on any atom is 0.252 e. The van der Waals surface area contributed by atoms with E-state index in [9.17, 15) is 19.5 Å². The van der Waals surface area contributed by atoms with Gasteiger partial charge in [0.1, 0.15) is 5.54 Å². The minimum absolute atomic E-state index is 0.0478. The van der Waals surface area contributed by atoms with Gasteiger partial charge in [0.2, 0.25) is 5.91 Å². The first kappa shape index (κ1) is 21.2. The number of rotatable bonds is 4. The molecule has 1 saturated heterocycles. The van der Waals surface area contributed by atoms with Crippen LogP contribution in [0.2, 0.25) is 10.0 Å². The number of imide groups is 1. The van der Waals surface area contributed by atoms with Crippen molar-refractivity contribution in [2.24, 2.45) is 0 Å². The average molecular weight is 460 g/mol. The summed E-state index contributed by atoms with van der Waals surface area (Å²) in [6, 6.07) is 10.00. The number of hydrogen-bond donors (Lipinski definition) is 3. The Morgan fingerprint density at radius 2 is 1.97 bits per heavy atom. The zero-order chi connectivity index (χ0) is 22.3. The highest BCUT2D eigenvalue weighted by Gasteiger charge is 2.41. The highest BCUT2D eigenvalue weighted by atomic mass is 35.5. The Labute approximate surface area is 187 Å². The summed E-state index contributed by atoms with van der Waals surface area (Å²) >= 11 is 11.8. The molecule has 0 unspecified atom stereocenters. The molecule has 2 aromatic carbocycles. The van der Waals surface area contributed by atoms with Crippen molar-refractivity contribution in [2.45, 2.75) is 31.8 Å². The van der Waals surface area contributed by atoms with E-state index in [1.807, 2.05) is 6.07 Å². The van der Waals surface area contributed by atoms with Gasteiger partial charge in [-0.2, -0.15) is 0 Å². The van der Waals surface area contributed by atoms with E-state index in [2.05, 4.69) is 10.6 Å². The number of halogens is 2. The molecular formula is C22H19Cl2N3O4. The van der Waals surface area contributed by atoms with Crippen molar-refractivity contribution in [1.82, 2.24) is 15.2 Å². The minimum Gasteiger partial charge on any atom is -0.494 e. The molecule has 31 heavy (non-hydrogen) atoms. The van der Waals surface area contributed by atoms with Gasteiger partial charge in [0.15, 0.2) is 5.88 Å². The molecule has 3 amide bonds. The van der Waals surface area contributed by atoms with Gasteiger partial charge in [-0.15, -0.1) is 0 Å². The average Bonchev–Trinajstić information content (AvgIpc) is 3.08. The number of fused-ring (bicyclic) bond motifs is 1. The molecule has 3 N–H and O–H groups in total. The summed E-state index contributed by atoms with van der Waals surface area (Å²) in [5, 5.41) is 17.8. The summed E-state index contributed by atoms with van der Waals surface area (Å²) in [7, 11) is 0. The number of piperidine rings is 1. The van der Waals surface area contributed by atoms with Crippen LogP contribution < -0.4 is 10.6 Å². The number of nitrogens with one attached hydrogen (secondary N) is 2. The summed E-state index contributed by atoms with van der Waals surface area (Å²) < 4.78 is 1.50. The minimum atomic E-state index is -1.07. The van der Waals surface area contributed by atoms with Crippen LogP contribution in [0.4, 0.5) is 0 Å². The molecule has 2 heterocycles. The first-order valence-electron chi connectivity index (χ1n) is 9.60. The number of aromatic hydroxyl groups is 1. The second kappa shape index (κ2) is 7.90. The van der Waals surface area contributed by atoms with Gasteiger partial charge in [-0.1, -0.05) is 29.3 Å². The highest BCUT2D eigenvalue weighted by molar-refractivity contribution is 6.42. The number of nitrogens with zero attached hydrogens (tertiary/aromatic N) is 1. The van der Waals surface area contributed by atoms with Crippen molar-refractivity contribution < 1.29 is 19.5 Å². The van der Waals surface area contributed by atoms with E-state index in [0.717, 1.165) is 5.56 Å². The molecule has 4 rings (SSSR count). The van der Waals surface area contributed by atoms with Crippen LogP contribution in [0.15, 0.2) is 42.6 Å². The Balaban J connectivity index is 1.56. The van der Waals surface area contributed by atoms with E-state index < -0.39 is 11.4 Å². The Kier molecular flexibility index (Phi) is 5.41. The van der Waals surface area contributed by atoms with Crippen LogP contribution in [-0.2, 0) is 21.7 Å². The number of carbonyl (C=O) groups is 3. The maximum absolute atomic E-state index is 12.5. The van der Waals surface area contributed by atoms with Crippen LogP contribution in [0.3, 0.4) is 0 Å². The van der Waals surface area contributed by atoms with Crippen LogP contribution in [0.25, 0.3) is 10.8 Å². The first-order chi connectivity index (χ1) is 14.7. The van der Waals surface area contributed by atoms with Gasteiger partial charge in [0.25, 0.3) is 11.8 Å². The van der Waals surface area contributed by atoms with Crippen LogP contribution >= 0.6 is 23.2 Å². The monoisotopic (exact) mass is 459 g/mol. The van der Waals surface area contributed by atoms with E-state index in [4.69, 9.17) is 23.2 Å². The molecule has 1 aromatic heterocycles. The van der Waals surface area contributed by atoms with Crippen molar-refractivity contribution in [2.75, 3.05) is 0 Å². The molecule has 0 bridgehead atoms. The van der Waals surface area contributed by atoms with Gasteiger partial charge in [-0.25, -0.2) is 0 Å². The Morgan fingerprint density at radius 1 is 1.19 bits per heavy atom. The fourth-order valence-corrected chi connectivity index (χ4v) is 3.98. The third-order valence-corrected chi connectivity index (χ3v) is 6.34. The molecule has 0 aliphatic carbocycles. The smallest absolute Gasteiger partial charge is 0.252 e. The van der Waals surface area contributed by atoms with Crippen LogP contribution in [0, 0.1) is 0 Å². The molecule has 0 spiro atoms. The van der Waals surface area contributed by atoms with E-state index in [1.165, 1.54) is 10.6 Å². The molecule has 160 valence electrons. The molecule has 0 saturated carbocycles. The van der Waals surface area contributed by atoms with E-state index in [0.29, 0.717) is 32.8 Å². The predicted octanol–water partition coefficient (Wildman–Crippen LogP) is 3.74. The zero-order valence-corrected chi connectivity index (χ0v) is 18.0. The largest absolute Gasteiger partial charge is 0.494 e. The second-order valence-electron chi connectivity index (χ2n) is 7.71. The fraction of sp³-hybridized carbons (Fsp3) is 0.227. The van der Waals surface area contributed by atoms with Crippen molar-refractivity contribution in [3.8, 4) is 5.88 Å². The fourth-order valence-electron chi connectivity index (χ4n) is 3.68. The number of amides is 3. The van der Waals surface area contributed by atoms with Gasteiger partial charge in [-0.3, -0.25) is 19.7 Å². The van der Waals surface area contributed by atoms with Gasteiger partial charge in [0, 0.05) is 35.5 Å². The van der Waals surface area contributed by atoms with Crippen LogP contribution in [-0.4, -0.2) is 27.4 Å². The van der Waals surface area contributed by atoms with Gasteiger partial charge < -0.3 is 15.0 Å². The zero-order valence-electron chi connectivity index (χ0n) is 16.5. The topological polar surface area (TPSA) is 100 Å². The van der Waals surface area contributed by atoms with E-state index in [-0.39, 0.29) is 30.7 Å². The summed E-state index contributed by atoms with van der Waals surface area (Å²) in [4.78, 5) is 36.3. The molecule has 7 nitrogen and oxygen atoms in total. The summed E-state index contributed by atoms with van der Waals surface area (Å²) in [5.74, 6) is -1.12. The predicted molar refractivity (Wildman–Crippen MR) is 117 cm³/mol. The summed E-state index contributed by atoms with van der Waals surface area (Å²) in [5.41, 5.74) is 0.135. The second-order valence-corrected chi connectivity index (χ2v) is 8.52. The molecular weight excluding hydrogens is 441 g/mol. The third kappa shape index (κ3) is 3.86. The lowest BCUT2D eigenvalue weighted by atomic mass is 9.90. The SMILES string of the molecule is C[C@]1(n2cc3cc(CNC(=O)c4ccc(Cl)c(Cl)c4)ccc3c2O)CCC(=O)NC1=O. The number of benzene rings is 2. The summed E-state index contributed by atoms with van der Waals surface area (Å²) in [6.45, 7) is 1.94. The lowest BCUT2D eigenvalue weighted by molar-refractivity contribution is -0.140. The van der Waals surface area contributed by atoms with Gasteiger partial charge in [-0.05, 0) is 49.2 Å². The molecule has 1 aliphatic rings. The van der Waals surface area contributed by atoms with Gasteiger partial charge in [0.05, 0.1) is 10.0 Å². The lowest BCUT2D eigenvalue weighted by Crippen LogP contribution is -2.52. The standard InChI is InChI=1S/C22H19Cl2N3O4/c1-22(7-6-18(28)26-21(22)31)27-11-14-8-12(2-4-15(14)20(27)30)10-25-19(29)13-3-5-16(23)17(24)9-13/h2-5,8-9,11,30H,6-7,10H2,1H3,(H,25,29)(H,26,28,31)/t22-/m0/s1. The molecule has 0 radical (unpaired) electrons. The Morgan fingerprint density at radius 3 is 2.68 bits per heavy atom. The van der Waals surface area contributed by atoms with Gasteiger partial charge >= 0.3 is 0 Å². The van der Waals surface area contributed by atoms with Crippen LogP contribution in [0.5, 0.6) is 5.88 Å². The van der Waals surface area contributed by atoms with Crippen LogP contribution in [0.1, 0.15) is 35.7 Å². The van der Waals surface area contributed by atoms with Crippen molar-refractivity contribution in [3.05, 3.63) is 63.8 Å². The van der Waals surface area contributed by atoms with Crippen molar-refractivity contribution in [1.29, 1.82) is 0 Å². The maximum atomic E-state index is 12.5. The molecule has 1 aliphatic heterocycles. The first-order valence-corrected chi connectivity index (χ1v) is 10.4. The Bertz CT molecular complexity index is 1240. The third-order valence-electron chi connectivity index (χ3n) is 5.60. The molecule has 3 aromatic rings. The molecule has 9 heteroatoms. The Hall–Kier alpha value is -3.03. The highest BCUT2D eigenvalue weighted by Crippen LogP contribution is 2.36. The van der Waals surface area contributed by atoms with E-state index >= 15 is 0 Å². The van der Waals surface area contributed by atoms with Crippen molar-refractivity contribution in [3.63, 3.8) is 0 Å². The van der Waals surface area contributed by atoms with E-state index in [1.54, 1.807) is 37.4 Å². The van der Waals surface area contributed by atoms with Crippen molar-refractivity contribution >= 4 is 51.7 Å². The molecule has 1 atom stereocenters. The number of hydrogen-bond acceptors (Lipinski definition) is 4. The number of aromatic nitrogens is 1. The summed E-state index contributed by atoms with van der Waals surface area (Å²) in [6.07, 6.45) is 2.17. The normalized spacial score (nSPS) is 18.8.